The first kappa shape index (κ1) is 15.5. The molecule has 0 spiro atoms. The van der Waals surface area contributed by atoms with Gasteiger partial charge in [-0.25, -0.2) is 0 Å². The lowest BCUT2D eigenvalue weighted by Crippen LogP contribution is -2.47. The van der Waals surface area contributed by atoms with Gasteiger partial charge in [0.15, 0.2) is 0 Å². The largest absolute Gasteiger partial charge is 0.395 e. The van der Waals surface area contributed by atoms with E-state index in [0.29, 0.717) is 18.0 Å². The zero-order valence-electron chi connectivity index (χ0n) is 13.6. The van der Waals surface area contributed by atoms with E-state index in [9.17, 15) is 5.11 Å². The Kier molecular flexibility index (Phi) is 4.55. The lowest BCUT2D eigenvalue weighted by molar-refractivity contribution is 0.0455. The molecule has 1 aromatic rings. The smallest absolute Gasteiger partial charge is 0.0587 e. The zero-order valence-corrected chi connectivity index (χ0v) is 13.6. The molecular weight excluding hydrogens is 246 g/mol. The van der Waals surface area contributed by atoms with E-state index in [2.05, 4.69) is 63.8 Å². The van der Waals surface area contributed by atoms with E-state index in [-0.39, 0.29) is 12.1 Å². The Balaban J connectivity index is 2.41. The number of rotatable bonds is 3. The molecule has 112 valence electrons. The number of benzene rings is 1. The van der Waals surface area contributed by atoms with Gasteiger partial charge in [0.2, 0.25) is 0 Å². The summed E-state index contributed by atoms with van der Waals surface area (Å²) in [5, 5.41) is 9.70. The van der Waals surface area contributed by atoms with Crippen LogP contribution in [0.4, 0.5) is 0 Å². The summed E-state index contributed by atoms with van der Waals surface area (Å²) in [4.78, 5) is 2.52. The van der Waals surface area contributed by atoms with E-state index in [1.165, 1.54) is 11.1 Å². The Morgan fingerprint density at radius 1 is 1.20 bits per heavy atom. The molecule has 2 unspecified atom stereocenters. The van der Waals surface area contributed by atoms with E-state index < -0.39 is 0 Å². The molecule has 2 heteroatoms. The van der Waals surface area contributed by atoms with Crippen LogP contribution in [0.3, 0.4) is 0 Å². The number of likely N-dealkylation sites (tertiary alicyclic amines) is 1. The van der Waals surface area contributed by atoms with Crippen LogP contribution in [0.2, 0.25) is 0 Å². The molecular formula is C18H29NO. The van der Waals surface area contributed by atoms with Crippen molar-refractivity contribution in [3.05, 3.63) is 35.4 Å². The molecule has 1 heterocycles. The first-order chi connectivity index (χ1) is 9.36. The minimum atomic E-state index is 0.0820. The Labute approximate surface area is 123 Å². The fourth-order valence-corrected chi connectivity index (χ4v) is 3.72. The summed E-state index contributed by atoms with van der Waals surface area (Å²) in [5.74, 6) is 0.543. The molecule has 0 aliphatic carbocycles. The van der Waals surface area contributed by atoms with Crippen LogP contribution >= 0.6 is 0 Å². The SMILES string of the molecule is CC(C)c1ccccc1C1CCC(CO)N1C(C)(C)C. The highest BCUT2D eigenvalue weighted by Gasteiger charge is 2.40. The third-order valence-corrected chi connectivity index (χ3v) is 4.46. The van der Waals surface area contributed by atoms with Gasteiger partial charge in [-0.1, -0.05) is 38.1 Å². The number of aliphatic hydroxyl groups excluding tert-OH is 1. The fourth-order valence-electron chi connectivity index (χ4n) is 3.72. The normalized spacial score (nSPS) is 24.6. The molecule has 1 aromatic carbocycles. The third kappa shape index (κ3) is 2.91. The summed E-state index contributed by atoms with van der Waals surface area (Å²) < 4.78 is 0. The van der Waals surface area contributed by atoms with Crippen LogP contribution in [-0.2, 0) is 0 Å². The fraction of sp³-hybridized carbons (Fsp3) is 0.667. The molecule has 2 atom stereocenters. The monoisotopic (exact) mass is 275 g/mol. The van der Waals surface area contributed by atoms with Gasteiger partial charge in [0.05, 0.1) is 6.61 Å². The summed E-state index contributed by atoms with van der Waals surface area (Å²) in [5.41, 5.74) is 2.98. The number of hydrogen-bond donors (Lipinski definition) is 1. The third-order valence-electron chi connectivity index (χ3n) is 4.46. The summed E-state index contributed by atoms with van der Waals surface area (Å²) in [7, 11) is 0. The second-order valence-electron chi connectivity index (χ2n) is 7.29. The van der Waals surface area contributed by atoms with Crippen LogP contribution in [0.25, 0.3) is 0 Å². The quantitative estimate of drug-likeness (QED) is 0.897. The second kappa shape index (κ2) is 5.87. The van der Waals surface area contributed by atoms with Gasteiger partial charge in [-0.3, -0.25) is 4.90 Å². The molecule has 0 bridgehead atoms. The summed E-state index contributed by atoms with van der Waals surface area (Å²) in [6.07, 6.45) is 2.23. The highest BCUT2D eigenvalue weighted by Crippen LogP contribution is 2.43. The van der Waals surface area contributed by atoms with E-state index in [4.69, 9.17) is 0 Å². The van der Waals surface area contributed by atoms with Crippen molar-refractivity contribution in [2.24, 2.45) is 0 Å². The van der Waals surface area contributed by atoms with E-state index in [1.807, 2.05) is 0 Å². The maximum absolute atomic E-state index is 9.70. The van der Waals surface area contributed by atoms with Crippen LogP contribution in [-0.4, -0.2) is 28.2 Å². The molecule has 2 nitrogen and oxygen atoms in total. The van der Waals surface area contributed by atoms with Crippen molar-refractivity contribution in [3.63, 3.8) is 0 Å². The topological polar surface area (TPSA) is 23.5 Å². The van der Waals surface area contributed by atoms with Crippen LogP contribution in [0.15, 0.2) is 24.3 Å². The second-order valence-corrected chi connectivity index (χ2v) is 7.29. The first-order valence-electron chi connectivity index (χ1n) is 7.84. The maximum Gasteiger partial charge on any atom is 0.0587 e. The molecule has 0 aromatic heterocycles. The van der Waals surface area contributed by atoms with E-state index >= 15 is 0 Å². The molecule has 0 saturated carbocycles. The predicted octanol–water partition coefficient (Wildman–Crippen LogP) is 4.11. The van der Waals surface area contributed by atoms with Gasteiger partial charge in [-0.05, 0) is 50.7 Å². The Hall–Kier alpha value is -0.860. The van der Waals surface area contributed by atoms with Crippen molar-refractivity contribution >= 4 is 0 Å². The molecule has 0 radical (unpaired) electrons. The van der Waals surface area contributed by atoms with Crippen molar-refractivity contribution < 1.29 is 5.11 Å². The van der Waals surface area contributed by atoms with E-state index in [1.54, 1.807) is 0 Å². The number of nitrogens with zero attached hydrogens (tertiary/aromatic N) is 1. The van der Waals surface area contributed by atoms with Crippen LogP contribution in [0.5, 0.6) is 0 Å². The van der Waals surface area contributed by atoms with Crippen molar-refractivity contribution in [2.45, 2.75) is 71.0 Å². The predicted molar refractivity (Wildman–Crippen MR) is 85.0 cm³/mol. The van der Waals surface area contributed by atoms with Crippen LogP contribution in [0, 0.1) is 0 Å². The van der Waals surface area contributed by atoms with Crippen molar-refractivity contribution in [1.82, 2.24) is 4.90 Å². The average molecular weight is 275 g/mol. The van der Waals surface area contributed by atoms with Crippen molar-refractivity contribution in [1.29, 1.82) is 0 Å². The molecule has 1 aliphatic heterocycles. The van der Waals surface area contributed by atoms with Gasteiger partial charge in [0.1, 0.15) is 0 Å². The Morgan fingerprint density at radius 3 is 2.40 bits per heavy atom. The average Bonchev–Trinajstić information content (AvgIpc) is 2.82. The first-order valence-corrected chi connectivity index (χ1v) is 7.84. The van der Waals surface area contributed by atoms with E-state index in [0.717, 1.165) is 12.8 Å². The number of hydrogen-bond acceptors (Lipinski definition) is 2. The Morgan fingerprint density at radius 2 is 1.85 bits per heavy atom. The Bertz CT molecular complexity index is 447. The highest BCUT2D eigenvalue weighted by molar-refractivity contribution is 5.33. The molecule has 2 rings (SSSR count). The summed E-state index contributed by atoms with van der Waals surface area (Å²) >= 11 is 0. The molecule has 20 heavy (non-hydrogen) atoms. The molecule has 1 fully saturated rings. The van der Waals surface area contributed by atoms with Gasteiger partial charge in [0, 0.05) is 17.6 Å². The van der Waals surface area contributed by atoms with Gasteiger partial charge in [-0.2, -0.15) is 0 Å². The van der Waals surface area contributed by atoms with Gasteiger partial charge < -0.3 is 5.11 Å². The van der Waals surface area contributed by atoms with Gasteiger partial charge >= 0.3 is 0 Å². The molecule has 0 amide bonds. The van der Waals surface area contributed by atoms with Crippen LogP contribution in [0.1, 0.15) is 70.5 Å². The van der Waals surface area contributed by atoms with Gasteiger partial charge in [0.25, 0.3) is 0 Å². The molecule has 1 aliphatic rings. The van der Waals surface area contributed by atoms with Gasteiger partial charge in [-0.15, -0.1) is 0 Å². The molecule has 1 saturated heterocycles. The standard InChI is InChI=1S/C18H29NO/c1-13(2)15-8-6-7-9-16(15)17-11-10-14(12-20)19(17)18(3,4)5/h6-9,13-14,17,20H,10-12H2,1-5H3. The minimum absolute atomic E-state index is 0.0820. The zero-order chi connectivity index (χ0) is 14.9. The van der Waals surface area contributed by atoms with Crippen molar-refractivity contribution in [2.75, 3.05) is 6.61 Å². The number of aliphatic hydroxyl groups is 1. The minimum Gasteiger partial charge on any atom is -0.395 e. The molecule has 1 N–H and O–H groups in total. The maximum atomic E-state index is 9.70. The summed E-state index contributed by atoms with van der Waals surface area (Å²) in [6, 6.07) is 9.55. The van der Waals surface area contributed by atoms with Crippen LogP contribution < -0.4 is 0 Å². The lowest BCUT2D eigenvalue weighted by atomic mass is 9.90. The highest BCUT2D eigenvalue weighted by atomic mass is 16.3. The van der Waals surface area contributed by atoms with Crippen molar-refractivity contribution in [3.8, 4) is 0 Å². The lowest BCUT2D eigenvalue weighted by Gasteiger charge is -2.41. The summed E-state index contributed by atoms with van der Waals surface area (Å²) in [6.45, 7) is 11.6.